The van der Waals surface area contributed by atoms with Crippen LogP contribution >= 0.6 is 0 Å². The first-order valence-corrected chi connectivity index (χ1v) is 6.51. The van der Waals surface area contributed by atoms with Gasteiger partial charge in [-0.3, -0.25) is 0 Å². The summed E-state index contributed by atoms with van der Waals surface area (Å²) in [5.74, 6) is -0.509. The van der Waals surface area contributed by atoms with Crippen molar-refractivity contribution in [1.82, 2.24) is 9.88 Å². The van der Waals surface area contributed by atoms with Crippen LogP contribution in [0.3, 0.4) is 0 Å². The number of nitrogens with zero attached hydrogens (tertiary/aromatic N) is 3. The molecule has 2 aliphatic rings. The van der Waals surface area contributed by atoms with E-state index in [1.165, 1.54) is 6.20 Å². The Bertz CT molecular complexity index is 527. The third-order valence-electron chi connectivity index (χ3n) is 3.27. The number of nitrogens with two attached hydrogens (primary N) is 1. The lowest BCUT2D eigenvalue weighted by molar-refractivity contribution is 0.0690. The van der Waals surface area contributed by atoms with Gasteiger partial charge in [-0.15, -0.1) is 0 Å². The number of guanidine groups is 1. The predicted molar refractivity (Wildman–Crippen MR) is 72.5 cm³/mol. The number of hydrogen-bond acceptors (Lipinski definition) is 5. The van der Waals surface area contributed by atoms with E-state index < -0.39 is 5.97 Å². The summed E-state index contributed by atoms with van der Waals surface area (Å²) in [7, 11) is 0. The van der Waals surface area contributed by atoms with Gasteiger partial charge in [0, 0.05) is 12.1 Å². The molecule has 1 aromatic rings. The lowest BCUT2D eigenvalue weighted by Gasteiger charge is -2.30. The molecule has 102 valence electrons. The first-order chi connectivity index (χ1) is 9.16. The van der Waals surface area contributed by atoms with Crippen molar-refractivity contribution in [1.29, 1.82) is 0 Å². The SMILES string of the molecule is CC.NC1=Nc2cnc(C(=O)O)cc2C2CCCN12. The Kier molecular flexibility index (Phi) is 3.69. The highest BCUT2D eigenvalue weighted by Crippen LogP contribution is 2.40. The summed E-state index contributed by atoms with van der Waals surface area (Å²) in [5, 5.41) is 8.94. The fourth-order valence-electron chi connectivity index (χ4n) is 2.49. The third kappa shape index (κ3) is 2.25. The van der Waals surface area contributed by atoms with Gasteiger partial charge in [-0.1, -0.05) is 13.8 Å². The molecule has 6 nitrogen and oxygen atoms in total. The Balaban J connectivity index is 0.000000637. The number of hydrogen-bond donors (Lipinski definition) is 2. The Morgan fingerprint density at radius 2 is 2.26 bits per heavy atom. The summed E-state index contributed by atoms with van der Waals surface area (Å²) < 4.78 is 0. The summed E-state index contributed by atoms with van der Waals surface area (Å²) in [5.41, 5.74) is 7.54. The van der Waals surface area contributed by atoms with Gasteiger partial charge < -0.3 is 15.7 Å². The second kappa shape index (κ2) is 5.26. The molecule has 0 aromatic carbocycles. The second-order valence-electron chi connectivity index (χ2n) is 4.25. The average Bonchev–Trinajstić information content (AvgIpc) is 2.91. The van der Waals surface area contributed by atoms with Gasteiger partial charge >= 0.3 is 5.97 Å². The molecule has 3 rings (SSSR count). The minimum atomic E-state index is -1.01. The molecular weight excluding hydrogens is 244 g/mol. The molecule has 0 radical (unpaired) electrons. The van der Waals surface area contributed by atoms with Gasteiger partial charge in [-0.2, -0.15) is 0 Å². The monoisotopic (exact) mass is 262 g/mol. The zero-order valence-corrected chi connectivity index (χ0v) is 11.1. The van der Waals surface area contributed by atoms with Crippen LogP contribution in [0.4, 0.5) is 5.69 Å². The molecule has 1 fully saturated rings. The average molecular weight is 262 g/mol. The first-order valence-electron chi connectivity index (χ1n) is 6.51. The van der Waals surface area contributed by atoms with Crippen LogP contribution in [0.5, 0.6) is 0 Å². The number of carboxylic acid groups (broad SMARTS) is 1. The van der Waals surface area contributed by atoms with Crippen molar-refractivity contribution in [3.8, 4) is 0 Å². The van der Waals surface area contributed by atoms with E-state index in [4.69, 9.17) is 10.8 Å². The maximum Gasteiger partial charge on any atom is 0.354 e. The van der Waals surface area contributed by atoms with E-state index in [1.54, 1.807) is 6.07 Å². The smallest absolute Gasteiger partial charge is 0.354 e. The minimum Gasteiger partial charge on any atom is -0.477 e. The molecule has 3 N–H and O–H groups in total. The van der Waals surface area contributed by atoms with E-state index in [0.29, 0.717) is 11.6 Å². The zero-order chi connectivity index (χ0) is 14.0. The number of carbonyl (C=O) groups is 1. The fraction of sp³-hybridized carbons (Fsp3) is 0.462. The van der Waals surface area contributed by atoms with E-state index in [2.05, 4.69) is 9.98 Å². The molecule has 6 heteroatoms. The Labute approximate surface area is 112 Å². The van der Waals surface area contributed by atoms with Gasteiger partial charge in [0.25, 0.3) is 0 Å². The highest BCUT2D eigenvalue weighted by Gasteiger charge is 2.33. The highest BCUT2D eigenvalue weighted by molar-refractivity contribution is 5.88. The fourth-order valence-corrected chi connectivity index (χ4v) is 2.49. The summed E-state index contributed by atoms with van der Waals surface area (Å²) >= 11 is 0. The van der Waals surface area contributed by atoms with Crippen molar-refractivity contribution >= 4 is 17.6 Å². The van der Waals surface area contributed by atoms with Gasteiger partial charge in [-0.05, 0) is 18.9 Å². The van der Waals surface area contributed by atoms with Crippen molar-refractivity contribution in [2.45, 2.75) is 32.7 Å². The van der Waals surface area contributed by atoms with Crippen molar-refractivity contribution in [3.05, 3.63) is 23.5 Å². The molecule has 2 aliphatic heterocycles. The van der Waals surface area contributed by atoms with Crippen molar-refractivity contribution in [2.24, 2.45) is 10.7 Å². The lowest BCUT2D eigenvalue weighted by Crippen LogP contribution is -2.38. The zero-order valence-electron chi connectivity index (χ0n) is 11.1. The Hall–Kier alpha value is -2.11. The summed E-state index contributed by atoms with van der Waals surface area (Å²) in [4.78, 5) is 21.0. The van der Waals surface area contributed by atoms with Crippen LogP contribution in [0.1, 0.15) is 48.8 Å². The van der Waals surface area contributed by atoms with Crippen molar-refractivity contribution in [3.63, 3.8) is 0 Å². The molecule has 1 atom stereocenters. The van der Waals surface area contributed by atoms with Gasteiger partial charge in [0.2, 0.25) is 0 Å². The van der Waals surface area contributed by atoms with Crippen LogP contribution in [0, 0.1) is 0 Å². The van der Waals surface area contributed by atoms with E-state index in [-0.39, 0.29) is 11.7 Å². The standard InChI is InChI=1S/C11H12N4O2.C2H6/c12-11-14-8-5-13-7(10(16)17)4-6(8)9-2-1-3-15(9)11;1-2/h4-5,9H,1-3H2,(H2,12,14)(H,16,17);1-2H3. The lowest BCUT2D eigenvalue weighted by atomic mass is 10.0. The highest BCUT2D eigenvalue weighted by atomic mass is 16.4. The molecule has 0 bridgehead atoms. The minimum absolute atomic E-state index is 0.0614. The topological polar surface area (TPSA) is 91.8 Å². The van der Waals surface area contributed by atoms with Crippen LogP contribution in [0.15, 0.2) is 17.3 Å². The van der Waals surface area contributed by atoms with Gasteiger partial charge in [0.15, 0.2) is 5.96 Å². The molecule has 1 unspecified atom stereocenters. The maximum absolute atomic E-state index is 10.9. The number of rotatable bonds is 1. The Morgan fingerprint density at radius 3 is 2.95 bits per heavy atom. The molecular formula is C13H18N4O2. The number of carboxylic acids is 1. The molecule has 1 saturated heterocycles. The van der Waals surface area contributed by atoms with Crippen molar-refractivity contribution in [2.75, 3.05) is 6.54 Å². The molecule has 0 spiro atoms. The van der Waals surface area contributed by atoms with E-state index >= 15 is 0 Å². The second-order valence-corrected chi connectivity index (χ2v) is 4.25. The van der Waals surface area contributed by atoms with E-state index in [0.717, 1.165) is 24.9 Å². The van der Waals surface area contributed by atoms with Crippen LogP contribution < -0.4 is 5.73 Å². The maximum atomic E-state index is 10.9. The third-order valence-corrected chi connectivity index (χ3v) is 3.27. The number of aromatic nitrogens is 1. The summed E-state index contributed by atoms with van der Waals surface area (Å²) in [6.45, 7) is 4.88. The quantitative estimate of drug-likeness (QED) is 0.806. The molecule has 0 amide bonds. The van der Waals surface area contributed by atoms with Crippen LogP contribution in [-0.2, 0) is 0 Å². The van der Waals surface area contributed by atoms with Crippen molar-refractivity contribution < 1.29 is 9.90 Å². The van der Waals surface area contributed by atoms with Gasteiger partial charge in [0.05, 0.1) is 17.9 Å². The number of aliphatic imine (C=N–C) groups is 1. The van der Waals surface area contributed by atoms with Gasteiger partial charge in [-0.25, -0.2) is 14.8 Å². The molecule has 3 heterocycles. The number of aromatic carboxylic acids is 1. The van der Waals surface area contributed by atoms with Crippen LogP contribution in [0.25, 0.3) is 0 Å². The summed E-state index contributed by atoms with van der Waals surface area (Å²) in [6.07, 6.45) is 3.51. The first kappa shape index (κ1) is 13.3. The molecule has 0 saturated carbocycles. The largest absolute Gasteiger partial charge is 0.477 e. The molecule has 0 aliphatic carbocycles. The van der Waals surface area contributed by atoms with Crippen LogP contribution in [0.2, 0.25) is 0 Å². The van der Waals surface area contributed by atoms with Crippen LogP contribution in [-0.4, -0.2) is 33.5 Å². The molecule has 1 aromatic heterocycles. The number of fused-ring (bicyclic) bond motifs is 3. The normalized spacial score (nSPS) is 19.8. The van der Waals surface area contributed by atoms with E-state index in [9.17, 15) is 4.79 Å². The molecule has 19 heavy (non-hydrogen) atoms. The summed E-state index contributed by atoms with van der Waals surface area (Å²) in [6, 6.07) is 1.76. The number of pyridine rings is 1. The Morgan fingerprint density at radius 1 is 1.53 bits per heavy atom. The van der Waals surface area contributed by atoms with E-state index in [1.807, 2.05) is 18.7 Å². The van der Waals surface area contributed by atoms with Gasteiger partial charge in [0.1, 0.15) is 5.69 Å². The predicted octanol–water partition coefficient (Wildman–Crippen LogP) is 1.90.